The minimum atomic E-state index is -4.20. The van der Waals surface area contributed by atoms with Gasteiger partial charge < -0.3 is 15.4 Å². The number of ether oxygens (including phenoxy) is 1. The number of likely N-dealkylation sites (tertiary alicyclic amines) is 2. The van der Waals surface area contributed by atoms with Crippen LogP contribution in [-0.4, -0.2) is 70.6 Å². The zero-order valence-corrected chi connectivity index (χ0v) is 23.2. The van der Waals surface area contributed by atoms with Gasteiger partial charge in [-0.25, -0.2) is 9.37 Å². The number of alkyl halides is 3. The van der Waals surface area contributed by atoms with Crippen molar-refractivity contribution in [3.8, 4) is 17.0 Å². The second-order valence-corrected chi connectivity index (χ2v) is 11.8. The number of piperidine rings is 1. The van der Waals surface area contributed by atoms with Gasteiger partial charge in [-0.15, -0.1) is 0 Å². The molecule has 2 atom stereocenters. The van der Waals surface area contributed by atoms with Crippen LogP contribution in [0.25, 0.3) is 11.1 Å². The number of nitrogens with two attached hydrogens (primary N) is 1. The van der Waals surface area contributed by atoms with Crippen LogP contribution < -0.4 is 10.5 Å². The van der Waals surface area contributed by atoms with Gasteiger partial charge in [-0.1, -0.05) is 18.9 Å². The van der Waals surface area contributed by atoms with Crippen LogP contribution in [-0.2, 0) is 4.79 Å². The van der Waals surface area contributed by atoms with E-state index in [4.69, 9.17) is 10.5 Å². The van der Waals surface area contributed by atoms with E-state index in [-0.39, 0.29) is 37.6 Å². The Bertz CT molecular complexity index is 1280. The van der Waals surface area contributed by atoms with Crippen molar-refractivity contribution in [1.29, 1.82) is 0 Å². The molecule has 1 saturated carbocycles. The number of hydrogen-bond donors (Lipinski definition) is 1. The summed E-state index contributed by atoms with van der Waals surface area (Å²) >= 11 is 0. The number of amides is 2. The van der Waals surface area contributed by atoms with Gasteiger partial charge in [-0.05, 0) is 75.8 Å². The first-order valence-electron chi connectivity index (χ1n) is 14.2. The number of carbonyl (C=O) groups excluding carboxylic acids is 2. The third-order valence-electron chi connectivity index (χ3n) is 9.28. The molecule has 2 aromatic rings. The third-order valence-corrected chi connectivity index (χ3v) is 9.28. The van der Waals surface area contributed by atoms with Crippen LogP contribution in [0.15, 0.2) is 36.5 Å². The predicted octanol–water partition coefficient (Wildman–Crippen LogP) is 5.33. The maximum absolute atomic E-state index is 15.1. The molecule has 3 aliphatic rings. The van der Waals surface area contributed by atoms with Crippen LogP contribution >= 0.6 is 0 Å². The molecule has 1 aromatic carbocycles. The quantitative estimate of drug-likeness (QED) is 0.429. The topological polar surface area (TPSA) is 88.8 Å². The van der Waals surface area contributed by atoms with Gasteiger partial charge in [0.2, 0.25) is 11.8 Å². The van der Waals surface area contributed by atoms with Crippen LogP contribution in [0.2, 0.25) is 0 Å². The summed E-state index contributed by atoms with van der Waals surface area (Å²) in [5, 5.41) is 0. The van der Waals surface area contributed by atoms with Gasteiger partial charge in [0.25, 0.3) is 5.91 Å². The summed E-state index contributed by atoms with van der Waals surface area (Å²) in [5.41, 5.74) is 3.75. The summed E-state index contributed by atoms with van der Waals surface area (Å²) in [6.07, 6.45) is 1.94. The lowest BCUT2D eigenvalue weighted by Gasteiger charge is -2.48. The summed E-state index contributed by atoms with van der Waals surface area (Å²) in [6.45, 7) is 2.81. The molecule has 1 aromatic heterocycles. The highest BCUT2D eigenvalue weighted by molar-refractivity contribution is 5.99. The van der Waals surface area contributed by atoms with Gasteiger partial charge in [0.15, 0.2) is 0 Å². The second-order valence-electron chi connectivity index (χ2n) is 11.8. The molecule has 41 heavy (non-hydrogen) atoms. The highest BCUT2D eigenvalue weighted by Gasteiger charge is 2.59. The van der Waals surface area contributed by atoms with Crippen molar-refractivity contribution in [2.45, 2.75) is 76.0 Å². The maximum atomic E-state index is 15.1. The molecular formula is C30H36F4N4O3. The average Bonchev–Trinajstić information content (AvgIpc) is 3.32. The number of rotatable bonds is 8. The van der Waals surface area contributed by atoms with E-state index in [1.165, 1.54) is 23.2 Å². The van der Waals surface area contributed by atoms with E-state index in [9.17, 15) is 22.8 Å². The Hall–Kier alpha value is -3.21. The molecule has 1 aliphatic carbocycles. The molecule has 2 amide bonds. The van der Waals surface area contributed by atoms with Crippen molar-refractivity contribution in [3.05, 3.63) is 47.9 Å². The Balaban J connectivity index is 1.22. The fraction of sp³-hybridized carbons (Fsp3) is 0.567. The molecule has 3 fully saturated rings. The average molecular weight is 577 g/mol. The van der Waals surface area contributed by atoms with Crippen molar-refractivity contribution >= 4 is 11.8 Å². The smallest absolute Gasteiger partial charge is 0.395 e. The molecule has 0 radical (unpaired) electrons. The maximum Gasteiger partial charge on any atom is 0.395 e. The molecular weight excluding hydrogens is 540 g/mol. The largest absolute Gasteiger partial charge is 0.476 e. The normalized spacial score (nSPS) is 24.6. The van der Waals surface area contributed by atoms with Crippen molar-refractivity contribution in [2.24, 2.45) is 11.1 Å². The summed E-state index contributed by atoms with van der Waals surface area (Å²) in [4.78, 5) is 32.6. The van der Waals surface area contributed by atoms with Crippen LogP contribution in [0.1, 0.15) is 68.6 Å². The number of carbonyl (C=O) groups is 2. The van der Waals surface area contributed by atoms with Crippen LogP contribution in [0.4, 0.5) is 17.6 Å². The fourth-order valence-corrected chi connectivity index (χ4v) is 6.36. The van der Waals surface area contributed by atoms with Crippen molar-refractivity contribution in [2.75, 3.05) is 26.2 Å². The van der Waals surface area contributed by atoms with E-state index < -0.39 is 34.8 Å². The Morgan fingerprint density at radius 2 is 1.80 bits per heavy atom. The standard InChI is InChI=1S/C30H36F4N4O3/c1-28(27(35)40)11-5-15-38(28)26(39)23-9-7-20(16-24(23)31)21-8-10-25(36-17-21)41-18-22-6-2-3-14-37(22)19-29(12-4-13-29)30(32,33)34/h7-10,16-17,22H,2-6,11-15,18-19H2,1H3,(H2,35,40)/t22?,28-/m0/s1. The van der Waals surface area contributed by atoms with Crippen molar-refractivity contribution < 1.29 is 31.9 Å². The molecule has 2 N–H and O–H groups in total. The van der Waals surface area contributed by atoms with Crippen molar-refractivity contribution in [3.63, 3.8) is 0 Å². The SMILES string of the molecule is C[C@@]1(C(N)=O)CCCN1C(=O)c1ccc(-c2ccc(OCC3CCCCN3CC3(C(F)(F)F)CCC3)nc2)cc1F. The molecule has 1 unspecified atom stereocenters. The number of halogens is 4. The molecule has 222 valence electrons. The molecule has 2 saturated heterocycles. The number of nitrogens with zero attached hydrogens (tertiary/aromatic N) is 3. The first kappa shape index (κ1) is 29.3. The number of primary amides is 1. The second kappa shape index (κ2) is 11.2. The van der Waals surface area contributed by atoms with E-state index in [2.05, 4.69) is 4.98 Å². The van der Waals surface area contributed by atoms with E-state index in [1.807, 2.05) is 4.90 Å². The molecule has 3 heterocycles. The number of aromatic nitrogens is 1. The molecule has 7 nitrogen and oxygen atoms in total. The lowest BCUT2D eigenvalue weighted by Crippen LogP contribution is -2.56. The van der Waals surface area contributed by atoms with Crippen molar-refractivity contribution in [1.82, 2.24) is 14.8 Å². The summed E-state index contributed by atoms with van der Waals surface area (Å²) in [7, 11) is 0. The lowest BCUT2D eigenvalue weighted by atomic mass is 9.67. The first-order valence-corrected chi connectivity index (χ1v) is 14.2. The summed E-state index contributed by atoms with van der Waals surface area (Å²) in [5.74, 6) is -1.58. The van der Waals surface area contributed by atoms with Gasteiger partial charge in [0.1, 0.15) is 18.0 Å². The Labute approximate surface area is 237 Å². The van der Waals surface area contributed by atoms with E-state index >= 15 is 4.39 Å². The summed E-state index contributed by atoms with van der Waals surface area (Å²) < 4.78 is 62.2. The molecule has 0 spiro atoms. The highest BCUT2D eigenvalue weighted by Crippen LogP contribution is 2.53. The molecule has 5 rings (SSSR count). The fourth-order valence-electron chi connectivity index (χ4n) is 6.36. The number of benzene rings is 1. The molecule has 0 bridgehead atoms. The van der Waals surface area contributed by atoms with Crippen LogP contribution in [0.3, 0.4) is 0 Å². The number of hydrogen-bond acceptors (Lipinski definition) is 5. The Morgan fingerprint density at radius 1 is 1.05 bits per heavy atom. The van der Waals surface area contributed by atoms with Crippen LogP contribution in [0.5, 0.6) is 5.88 Å². The van der Waals surface area contributed by atoms with E-state index in [1.54, 1.807) is 25.1 Å². The van der Waals surface area contributed by atoms with Gasteiger partial charge in [-0.2, -0.15) is 13.2 Å². The third kappa shape index (κ3) is 5.65. The number of pyridine rings is 1. The van der Waals surface area contributed by atoms with Gasteiger partial charge in [0.05, 0.1) is 11.0 Å². The van der Waals surface area contributed by atoms with Gasteiger partial charge in [-0.3, -0.25) is 14.5 Å². The molecule has 2 aliphatic heterocycles. The minimum absolute atomic E-state index is 0.0144. The lowest BCUT2D eigenvalue weighted by molar-refractivity contribution is -0.258. The zero-order chi connectivity index (χ0) is 29.4. The minimum Gasteiger partial charge on any atom is -0.476 e. The summed E-state index contributed by atoms with van der Waals surface area (Å²) in [6, 6.07) is 7.50. The van der Waals surface area contributed by atoms with E-state index in [0.717, 1.165) is 19.3 Å². The Kier molecular flexibility index (Phi) is 8.02. The van der Waals surface area contributed by atoms with Crippen LogP contribution in [0, 0.1) is 11.2 Å². The molecule has 11 heteroatoms. The Morgan fingerprint density at radius 3 is 2.41 bits per heavy atom. The monoisotopic (exact) mass is 576 g/mol. The zero-order valence-electron chi connectivity index (χ0n) is 23.2. The van der Waals surface area contributed by atoms with Gasteiger partial charge >= 0.3 is 6.18 Å². The highest BCUT2D eigenvalue weighted by atomic mass is 19.4. The first-order chi connectivity index (χ1) is 19.4. The predicted molar refractivity (Wildman–Crippen MR) is 145 cm³/mol. The van der Waals surface area contributed by atoms with E-state index in [0.29, 0.717) is 49.4 Å². The van der Waals surface area contributed by atoms with Gasteiger partial charge in [0, 0.05) is 37.0 Å².